The minimum Gasteiger partial charge on any atom is -0.478 e. The Kier molecular flexibility index (Phi) is 4.83. The standard InChI is InChI=1S/C8H11NO2/c1-7(8(10)11)5-3-2-4-6-9/h1-5H2,(H,10,11). The van der Waals surface area contributed by atoms with Crippen molar-refractivity contribution in [2.24, 2.45) is 0 Å². The van der Waals surface area contributed by atoms with Crippen molar-refractivity contribution in [3.05, 3.63) is 12.2 Å². The highest BCUT2D eigenvalue weighted by molar-refractivity contribution is 5.85. The molecule has 0 aliphatic heterocycles. The molecule has 0 aliphatic rings. The summed E-state index contributed by atoms with van der Waals surface area (Å²) < 4.78 is 0. The van der Waals surface area contributed by atoms with Gasteiger partial charge in [0, 0.05) is 12.0 Å². The Labute approximate surface area is 66.0 Å². The number of carbonyl (C=O) groups is 1. The molecule has 0 bridgehead atoms. The zero-order valence-corrected chi connectivity index (χ0v) is 6.34. The first-order valence-electron chi connectivity index (χ1n) is 3.46. The Balaban J connectivity index is 3.34. The van der Waals surface area contributed by atoms with Gasteiger partial charge >= 0.3 is 5.97 Å². The lowest BCUT2D eigenvalue weighted by Crippen LogP contribution is -1.98. The van der Waals surface area contributed by atoms with Gasteiger partial charge in [-0.25, -0.2) is 4.79 Å². The van der Waals surface area contributed by atoms with Gasteiger partial charge in [-0.3, -0.25) is 0 Å². The molecule has 0 aromatic carbocycles. The number of nitriles is 1. The average molecular weight is 153 g/mol. The molecule has 0 atom stereocenters. The van der Waals surface area contributed by atoms with Crippen LogP contribution in [0.4, 0.5) is 0 Å². The first kappa shape index (κ1) is 9.70. The van der Waals surface area contributed by atoms with Crippen LogP contribution in [0.3, 0.4) is 0 Å². The third-order valence-electron chi connectivity index (χ3n) is 1.32. The molecule has 0 heterocycles. The normalized spacial score (nSPS) is 8.64. The van der Waals surface area contributed by atoms with Crippen LogP contribution in [0, 0.1) is 11.3 Å². The van der Waals surface area contributed by atoms with Crippen molar-refractivity contribution in [3.63, 3.8) is 0 Å². The van der Waals surface area contributed by atoms with E-state index < -0.39 is 5.97 Å². The largest absolute Gasteiger partial charge is 0.478 e. The highest BCUT2D eigenvalue weighted by atomic mass is 16.4. The lowest BCUT2D eigenvalue weighted by atomic mass is 10.1. The number of aliphatic carboxylic acids is 1. The van der Waals surface area contributed by atoms with E-state index in [2.05, 4.69) is 6.58 Å². The summed E-state index contributed by atoms with van der Waals surface area (Å²) in [5.41, 5.74) is 0.225. The molecule has 0 amide bonds. The fourth-order valence-corrected chi connectivity index (χ4v) is 0.649. The van der Waals surface area contributed by atoms with Crippen molar-refractivity contribution in [2.45, 2.75) is 25.7 Å². The molecule has 0 rings (SSSR count). The fourth-order valence-electron chi connectivity index (χ4n) is 0.649. The number of nitrogens with zero attached hydrogens (tertiary/aromatic N) is 1. The third kappa shape index (κ3) is 5.16. The second-order valence-corrected chi connectivity index (χ2v) is 2.27. The fraction of sp³-hybridized carbons (Fsp3) is 0.500. The number of rotatable bonds is 5. The first-order chi connectivity index (χ1) is 5.18. The maximum atomic E-state index is 10.2. The monoisotopic (exact) mass is 153 g/mol. The Morgan fingerprint density at radius 3 is 2.64 bits per heavy atom. The summed E-state index contributed by atoms with van der Waals surface area (Å²) in [6.07, 6.45) is 2.46. The van der Waals surface area contributed by atoms with E-state index in [1.54, 1.807) is 0 Å². The summed E-state index contributed by atoms with van der Waals surface area (Å²) in [5.74, 6) is -0.943. The SMILES string of the molecule is C=C(CCCCC#N)C(=O)O. The number of hydrogen-bond donors (Lipinski definition) is 1. The minimum absolute atomic E-state index is 0.225. The van der Waals surface area contributed by atoms with Gasteiger partial charge in [-0.05, 0) is 19.3 Å². The molecule has 0 aromatic rings. The summed E-state index contributed by atoms with van der Waals surface area (Å²) in [6.45, 7) is 3.37. The van der Waals surface area contributed by atoms with Crippen molar-refractivity contribution in [1.82, 2.24) is 0 Å². The molecular formula is C8H11NO2. The molecule has 0 saturated heterocycles. The van der Waals surface area contributed by atoms with Crippen LogP contribution in [-0.2, 0) is 4.79 Å². The van der Waals surface area contributed by atoms with Gasteiger partial charge < -0.3 is 5.11 Å². The maximum Gasteiger partial charge on any atom is 0.330 e. The topological polar surface area (TPSA) is 61.1 Å². The van der Waals surface area contributed by atoms with Gasteiger partial charge in [0.05, 0.1) is 6.07 Å². The maximum absolute atomic E-state index is 10.2. The first-order valence-corrected chi connectivity index (χ1v) is 3.46. The Morgan fingerprint density at radius 2 is 2.18 bits per heavy atom. The van der Waals surface area contributed by atoms with Gasteiger partial charge in [0.1, 0.15) is 0 Å². The van der Waals surface area contributed by atoms with Crippen molar-refractivity contribution in [1.29, 1.82) is 5.26 Å². The van der Waals surface area contributed by atoms with E-state index in [-0.39, 0.29) is 5.57 Å². The zero-order valence-electron chi connectivity index (χ0n) is 6.34. The van der Waals surface area contributed by atoms with Crippen molar-refractivity contribution >= 4 is 5.97 Å². The molecule has 3 heteroatoms. The summed E-state index contributed by atoms with van der Waals surface area (Å²) in [7, 11) is 0. The van der Waals surface area contributed by atoms with Crippen LogP contribution >= 0.6 is 0 Å². The van der Waals surface area contributed by atoms with E-state index in [1.165, 1.54) is 0 Å². The second-order valence-electron chi connectivity index (χ2n) is 2.27. The van der Waals surface area contributed by atoms with E-state index in [0.717, 1.165) is 12.8 Å². The van der Waals surface area contributed by atoms with E-state index in [9.17, 15) is 4.79 Å². The van der Waals surface area contributed by atoms with E-state index in [0.29, 0.717) is 12.8 Å². The minimum atomic E-state index is -0.943. The lowest BCUT2D eigenvalue weighted by Gasteiger charge is -1.96. The van der Waals surface area contributed by atoms with Crippen LogP contribution in [0.15, 0.2) is 12.2 Å². The van der Waals surface area contributed by atoms with Gasteiger partial charge in [-0.15, -0.1) is 0 Å². The van der Waals surface area contributed by atoms with Crippen LogP contribution in [0.2, 0.25) is 0 Å². The van der Waals surface area contributed by atoms with Crippen molar-refractivity contribution in [3.8, 4) is 6.07 Å². The Morgan fingerprint density at radius 1 is 1.55 bits per heavy atom. The van der Waals surface area contributed by atoms with Crippen LogP contribution < -0.4 is 0 Å². The smallest absolute Gasteiger partial charge is 0.330 e. The van der Waals surface area contributed by atoms with Gasteiger partial charge in [-0.2, -0.15) is 5.26 Å². The number of unbranched alkanes of at least 4 members (excludes halogenated alkanes) is 2. The summed E-state index contributed by atoms with van der Waals surface area (Å²) in [4.78, 5) is 10.2. The number of carboxylic acid groups (broad SMARTS) is 1. The molecule has 60 valence electrons. The molecule has 0 fully saturated rings. The Hall–Kier alpha value is -1.30. The van der Waals surface area contributed by atoms with E-state index >= 15 is 0 Å². The van der Waals surface area contributed by atoms with Gasteiger partial charge in [0.15, 0.2) is 0 Å². The predicted molar refractivity (Wildman–Crippen MR) is 40.9 cm³/mol. The molecule has 0 aromatic heterocycles. The zero-order chi connectivity index (χ0) is 8.69. The quantitative estimate of drug-likeness (QED) is 0.483. The van der Waals surface area contributed by atoms with E-state index in [1.807, 2.05) is 6.07 Å². The van der Waals surface area contributed by atoms with Crippen LogP contribution in [0.1, 0.15) is 25.7 Å². The highest BCUT2D eigenvalue weighted by Gasteiger charge is 2.01. The summed E-state index contributed by atoms with van der Waals surface area (Å²) in [6, 6.07) is 1.99. The molecule has 3 nitrogen and oxygen atoms in total. The summed E-state index contributed by atoms with van der Waals surface area (Å²) in [5, 5.41) is 16.5. The number of carboxylic acids is 1. The molecule has 0 unspecified atom stereocenters. The molecule has 0 saturated carbocycles. The lowest BCUT2D eigenvalue weighted by molar-refractivity contribution is -0.132. The predicted octanol–water partition coefficient (Wildman–Crippen LogP) is 1.71. The van der Waals surface area contributed by atoms with Crippen molar-refractivity contribution < 1.29 is 9.90 Å². The Bertz CT molecular complexity index is 191. The molecule has 1 N–H and O–H groups in total. The third-order valence-corrected chi connectivity index (χ3v) is 1.32. The molecule has 0 aliphatic carbocycles. The van der Waals surface area contributed by atoms with Crippen LogP contribution in [0.25, 0.3) is 0 Å². The average Bonchev–Trinajstić information content (AvgIpc) is 1.97. The second kappa shape index (κ2) is 5.48. The highest BCUT2D eigenvalue weighted by Crippen LogP contribution is 2.06. The van der Waals surface area contributed by atoms with Gasteiger partial charge in [-0.1, -0.05) is 6.58 Å². The van der Waals surface area contributed by atoms with Crippen molar-refractivity contribution in [2.75, 3.05) is 0 Å². The molecular weight excluding hydrogens is 142 g/mol. The van der Waals surface area contributed by atoms with Crippen LogP contribution in [0.5, 0.6) is 0 Å². The van der Waals surface area contributed by atoms with E-state index in [4.69, 9.17) is 10.4 Å². The molecule has 0 spiro atoms. The summed E-state index contributed by atoms with van der Waals surface area (Å²) >= 11 is 0. The number of hydrogen-bond acceptors (Lipinski definition) is 2. The molecule has 11 heavy (non-hydrogen) atoms. The molecule has 0 radical (unpaired) electrons. The van der Waals surface area contributed by atoms with Gasteiger partial charge in [0.25, 0.3) is 0 Å². The van der Waals surface area contributed by atoms with Crippen LogP contribution in [-0.4, -0.2) is 11.1 Å². The van der Waals surface area contributed by atoms with Gasteiger partial charge in [0.2, 0.25) is 0 Å².